The van der Waals surface area contributed by atoms with E-state index >= 15 is 0 Å². The van der Waals surface area contributed by atoms with E-state index in [9.17, 15) is 22.8 Å². The molecule has 3 fully saturated rings. The predicted molar refractivity (Wildman–Crippen MR) is 91.7 cm³/mol. The molecule has 1 N–H and O–H groups in total. The Hall–Kier alpha value is -2.45. The van der Waals surface area contributed by atoms with Gasteiger partial charge in [-0.25, -0.2) is 4.79 Å². The average Bonchev–Trinajstić information content (AvgIpc) is 3.23. The van der Waals surface area contributed by atoms with Crippen LogP contribution in [-0.4, -0.2) is 49.5 Å². The van der Waals surface area contributed by atoms with E-state index < -0.39 is 12.5 Å². The molecule has 2 heterocycles. The minimum atomic E-state index is -4.72. The van der Waals surface area contributed by atoms with Gasteiger partial charge >= 0.3 is 12.5 Å². The lowest BCUT2D eigenvalue weighted by molar-refractivity contribution is -0.274. The van der Waals surface area contributed by atoms with Crippen molar-refractivity contribution in [2.75, 3.05) is 26.2 Å². The Kier molecular flexibility index (Phi) is 4.43. The van der Waals surface area contributed by atoms with Crippen molar-refractivity contribution in [1.82, 2.24) is 10.2 Å². The van der Waals surface area contributed by atoms with Crippen molar-refractivity contribution < 1.29 is 32.2 Å². The fourth-order valence-corrected chi connectivity index (χ4v) is 4.58. The molecule has 3 atom stereocenters. The van der Waals surface area contributed by atoms with Gasteiger partial charge in [0.1, 0.15) is 5.75 Å². The quantitative estimate of drug-likeness (QED) is 0.850. The van der Waals surface area contributed by atoms with Gasteiger partial charge in [-0.05, 0) is 48.9 Å². The number of alkyl carbamates (subject to hydrolysis) is 1. The summed E-state index contributed by atoms with van der Waals surface area (Å²) in [4.78, 5) is 26.0. The van der Waals surface area contributed by atoms with E-state index in [1.807, 2.05) is 4.90 Å². The second kappa shape index (κ2) is 6.56. The topological polar surface area (TPSA) is 67.9 Å². The molecule has 2 aliphatic heterocycles. The maximum atomic E-state index is 12.9. The van der Waals surface area contributed by atoms with E-state index in [1.54, 1.807) is 13.0 Å². The summed E-state index contributed by atoms with van der Waals surface area (Å²) in [6.07, 6.45) is -3.83. The molecule has 9 heteroatoms. The monoisotopic (exact) mass is 398 g/mol. The first-order valence-electron chi connectivity index (χ1n) is 9.24. The molecule has 1 saturated carbocycles. The molecule has 1 aliphatic carbocycles. The van der Waals surface area contributed by atoms with E-state index in [0.29, 0.717) is 25.4 Å². The first-order chi connectivity index (χ1) is 13.2. The summed E-state index contributed by atoms with van der Waals surface area (Å²) in [6, 6.07) is 4.42. The van der Waals surface area contributed by atoms with Crippen LogP contribution in [0.3, 0.4) is 0 Å². The summed E-state index contributed by atoms with van der Waals surface area (Å²) in [5, 5.41) is 2.58. The smallest absolute Gasteiger partial charge is 0.450 e. The number of nitrogens with zero attached hydrogens (tertiary/aromatic N) is 1. The van der Waals surface area contributed by atoms with Gasteiger partial charge in [0, 0.05) is 25.0 Å². The number of nitrogens with one attached hydrogen (secondary N) is 1. The molecule has 0 spiro atoms. The standard InChI is InChI=1S/C19H21F3N2O4/c1-11-6-14(28-19(20,21)22)2-3-15(11)18-7-13(18)9-24(10-18)16(25)12-4-5-27-17(26)23-8-12/h2-3,6,12-13H,4-5,7-10H2,1H3,(H,23,26)/t12-,13?,18?/m1/s1. The van der Waals surface area contributed by atoms with Crippen molar-refractivity contribution in [1.29, 1.82) is 0 Å². The number of aryl methyl sites for hydroxylation is 1. The Morgan fingerprint density at radius 3 is 2.89 bits per heavy atom. The summed E-state index contributed by atoms with van der Waals surface area (Å²) in [5.74, 6) is -0.250. The molecule has 152 valence electrons. The number of hydrogen-bond donors (Lipinski definition) is 1. The molecule has 1 aromatic rings. The molecule has 2 amide bonds. The molecule has 6 nitrogen and oxygen atoms in total. The van der Waals surface area contributed by atoms with E-state index in [-0.39, 0.29) is 36.1 Å². The van der Waals surface area contributed by atoms with Gasteiger partial charge in [0.25, 0.3) is 0 Å². The van der Waals surface area contributed by atoms with Crippen LogP contribution in [0.25, 0.3) is 0 Å². The number of cyclic esters (lactones) is 1. The van der Waals surface area contributed by atoms with Gasteiger partial charge in [-0.15, -0.1) is 13.2 Å². The molecular formula is C19H21F3N2O4. The van der Waals surface area contributed by atoms with Crippen LogP contribution in [0.15, 0.2) is 18.2 Å². The van der Waals surface area contributed by atoms with Crippen molar-refractivity contribution in [3.63, 3.8) is 0 Å². The fourth-order valence-electron chi connectivity index (χ4n) is 4.58. The van der Waals surface area contributed by atoms with Crippen molar-refractivity contribution in [2.45, 2.75) is 31.5 Å². The SMILES string of the molecule is Cc1cc(OC(F)(F)F)ccc1C12CC1CN(C(=O)[C@@H]1CCOC(=O)NC1)C2. The number of hydrogen-bond acceptors (Lipinski definition) is 4. The number of rotatable bonds is 3. The summed E-state index contributed by atoms with van der Waals surface area (Å²) in [6.45, 7) is 3.41. The second-order valence-corrected chi connectivity index (χ2v) is 7.80. The van der Waals surface area contributed by atoms with Crippen LogP contribution in [-0.2, 0) is 14.9 Å². The fraction of sp³-hybridized carbons (Fsp3) is 0.579. The molecule has 0 aromatic heterocycles. The highest BCUT2D eigenvalue weighted by molar-refractivity contribution is 5.81. The molecule has 0 radical (unpaired) electrons. The third-order valence-electron chi connectivity index (χ3n) is 5.97. The van der Waals surface area contributed by atoms with E-state index in [2.05, 4.69) is 10.1 Å². The zero-order chi connectivity index (χ0) is 20.1. The Balaban J connectivity index is 1.46. The number of alkyl halides is 3. The lowest BCUT2D eigenvalue weighted by atomic mass is 9.90. The minimum Gasteiger partial charge on any atom is -0.450 e. The van der Waals surface area contributed by atoms with Gasteiger partial charge in [0.05, 0.1) is 12.5 Å². The van der Waals surface area contributed by atoms with Gasteiger partial charge < -0.3 is 19.7 Å². The number of ether oxygens (including phenoxy) is 2. The number of likely N-dealkylation sites (tertiary alicyclic amines) is 1. The van der Waals surface area contributed by atoms with Crippen molar-refractivity contribution in [3.8, 4) is 5.75 Å². The van der Waals surface area contributed by atoms with Crippen LogP contribution < -0.4 is 10.1 Å². The first-order valence-corrected chi connectivity index (χ1v) is 9.24. The third kappa shape index (κ3) is 3.49. The number of piperidine rings is 1. The third-order valence-corrected chi connectivity index (χ3v) is 5.97. The summed E-state index contributed by atoms with van der Waals surface area (Å²) in [5.41, 5.74) is 1.51. The molecule has 3 aliphatic rings. The Morgan fingerprint density at radius 1 is 1.39 bits per heavy atom. The largest absolute Gasteiger partial charge is 0.573 e. The van der Waals surface area contributed by atoms with Gasteiger partial charge in [-0.3, -0.25) is 4.79 Å². The van der Waals surface area contributed by atoms with Crippen LogP contribution in [0.2, 0.25) is 0 Å². The van der Waals surface area contributed by atoms with Crippen LogP contribution >= 0.6 is 0 Å². The lowest BCUT2D eigenvalue weighted by Gasteiger charge is -2.26. The van der Waals surface area contributed by atoms with Gasteiger partial charge in [-0.1, -0.05) is 6.07 Å². The number of benzene rings is 1. The summed E-state index contributed by atoms with van der Waals surface area (Å²) in [7, 11) is 0. The van der Waals surface area contributed by atoms with Gasteiger partial charge in [0.2, 0.25) is 5.91 Å². The molecular weight excluding hydrogens is 377 g/mol. The number of carbonyl (C=O) groups excluding carboxylic acids is 2. The highest BCUT2D eigenvalue weighted by Gasteiger charge is 2.62. The number of fused-ring (bicyclic) bond motifs is 1. The minimum absolute atomic E-state index is 0.00736. The second-order valence-electron chi connectivity index (χ2n) is 7.80. The van der Waals surface area contributed by atoms with E-state index in [0.717, 1.165) is 17.5 Å². The number of halogens is 3. The highest BCUT2D eigenvalue weighted by atomic mass is 19.4. The van der Waals surface area contributed by atoms with E-state index in [1.165, 1.54) is 12.1 Å². The number of carbonyl (C=O) groups is 2. The lowest BCUT2D eigenvalue weighted by Crippen LogP contribution is -2.41. The van der Waals surface area contributed by atoms with Crippen LogP contribution in [0, 0.1) is 18.8 Å². The molecule has 2 unspecified atom stereocenters. The average molecular weight is 398 g/mol. The van der Waals surface area contributed by atoms with E-state index in [4.69, 9.17) is 4.74 Å². The maximum Gasteiger partial charge on any atom is 0.573 e. The normalized spacial score (nSPS) is 29.4. The highest BCUT2D eigenvalue weighted by Crippen LogP contribution is 2.60. The molecule has 4 rings (SSSR count). The number of amides is 2. The zero-order valence-corrected chi connectivity index (χ0v) is 15.3. The summed E-state index contributed by atoms with van der Waals surface area (Å²) < 4.78 is 46.2. The molecule has 28 heavy (non-hydrogen) atoms. The van der Waals surface area contributed by atoms with Crippen molar-refractivity contribution in [3.05, 3.63) is 29.3 Å². The van der Waals surface area contributed by atoms with Crippen LogP contribution in [0.1, 0.15) is 24.0 Å². The molecule has 1 aromatic carbocycles. The molecule has 2 saturated heterocycles. The first kappa shape index (κ1) is 18.9. The molecule has 0 bridgehead atoms. The Labute approximate surface area is 160 Å². The Morgan fingerprint density at radius 2 is 2.18 bits per heavy atom. The predicted octanol–water partition coefficient (Wildman–Crippen LogP) is 2.74. The zero-order valence-electron chi connectivity index (χ0n) is 15.3. The van der Waals surface area contributed by atoms with Crippen LogP contribution in [0.5, 0.6) is 5.75 Å². The van der Waals surface area contributed by atoms with Crippen molar-refractivity contribution in [2.24, 2.45) is 11.8 Å². The Bertz CT molecular complexity index is 813. The van der Waals surface area contributed by atoms with Crippen molar-refractivity contribution >= 4 is 12.0 Å². The van der Waals surface area contributed by atoms with Gasteiger partial charge in [0.15, 0.2) is 0 Å². The maximum absolute atomic E-state index is 12.9. The van der Waals surface area contributed by atoms with Gasteiger partial charge in [-0.2, -0.15) is 0 Å². The van der Waals surface area contributed by atoms with Crippen LogP contribution in [0.4, 0.5) is 18.0 Å². The summed E-state index contributed by atoms with van der Waals surface area (Å²) >= 11 is 0.